The number of hydrogen-bond donors (Lipinski definition) is 1. The van der Waals surface area contributed by atoms with Crippen molar-refractivity contribution in [2.75, 3.05) is 13.6 Å². The predicted octanol–water partition coefficient (Wildman–Crippen LogP) is 0.943. The van der Waals surface area contributed by atoms with Crippen molar-refractivity contribution in [3.8, 4) is 0 Å². The first-order valence-electron chi connectivity index (χ1n) is 3.74. The van der Waals surface area contributed by atoms with Crippen LogP contribution in [0.4, 0.5) is 0 Å². The van der Waals surface area contributed by atoms with Crippen LogP contribution in [0.3, 0.4) is 0 Å². The molecule has 0 spiro atoms. The van der Waals surface area contributed by atoms with Crippen molar-refractivity contribution in [1.29, 1.82) is 0 Å². The van der Waals surface area contributed by atoms with E-state index in [-0.39, 0.29) is 0 Å². The lowest BCUT2D eigenvalue weighted by atomic mass is 10.2. The van der Waals surface area contributed by atoms with E-state index < -0.39 is 0 Å². The Morgan fingerprint density at radius 1 is 1.60 bits per heavy atom. The van der Waals surface area contributed by atoms with Gasteiger partial charge in [0.2, 0.25) is 0 Å². The number of nitrogens with two attached hydrogens (primary N) is 1. The lowest BCUT2D eigenvalue weighted by molar-refractivity contribution is 0.462. The summed E-state index contributed by atoms with van der Waals surface area (Å²) in [6.07, 6.45) is 1.05. The number of likely N-dealkylation sites (N-methyl/N-ethyl adjacent to an activating group) is 1. The monoisotopic (exact) mass is 140 g/mol. The minimum atomic E-state index is 0.356. The van der Waals surface area contributed by atoms with E-state index in [1.165, 1.54) is 11.3 Å². The van der Waals surface area contributed by atoms with Gasteiger partial charge in [0.15, 0.2) is 0 Å². The van der Waals surface area contributed by atoms with Crippen molar-refractivity contribution >= 4 is 0 Å². The van der Waals surface area contributed by atoms with Crippen molar-refractivity contribution in [1.82, 2.24) is 4.90 Å². The second kappa shape index (κ2) is 2.62. The standard InChI is InChI=1S/C8H16N2/c1-6(2)8-4-7(9)5-10(8)3/h7H,4-5,9H2,1-3H3. The maximum atomic E-state index is 5.78. The molecule has 0 radical (unpaired) electrons. The van der Waals surface area contributed by atoms with Gasteiger partial charge in [-0.25, -0.2) is 0 Å². The van der Waals surface area contributed by atoms with Gasteiger partial charge in [0.05, 0.1) is 0 Å². The van der Waals surface area contributed by atoms with E-state index in [0.29, 0.717) is 6.04 Å². The van der Waals surface area contributed by atoms with Crippen LogP contribution in [0.1, 0.15) is 20.3 Å². The topological polar surface area (TPSA) is 29.3 Å². The van der Waals surface area contributed by atoms with Gasteiger partial charge >= 0.3 is 0 Å². The summed E-state index contributed by atoms with van der Waals surface area (Å²) >= 11 is 0. The first kappa shape index (κ1) is 7.61. The maximum Gasteiger partial charge on any atom is 0.0327 e. The summed E-state index contributed by atoms with van der Waals surface area (Å²) in [6.45, 7) is 5.30. The largest absolute Gasteiger partial charge is 0.376 e. The second-order valence-electron chi connectivity index (χ2n) is 3.29. The highest BCUT2D eigenvalue weighted by Gasteiger charge is 2.20. The van der Waals surface area contributed by atoms with Crippen LogP contribution in [0.5, 0.6) is 0 Å². The van der Waals surface area contributed by atoms with Crippen LogP contribution in [-0.2, 0) is 0 Å². The molecule has 2 nitrogen and oxygen atoms in total. The summed E-state index contributed by atoms with van der Waals surface area (Å²) in [5.41, 5.74) is 8.60. The summed E-state index contributed by atoms with van der Waals surface area (Å²) in [4.78, 5) is 2.25. The van der Waals surface area contributed by atoms with Gasteiger partial charge in [0.25, 0.3) is 0 Å². The van der Waals surface area contributed by atoms with Crippen LogP contribution in [0.25, 0.3) is 0 Å². The molecule has 0 bridgehead atoms. The Balaban J connectivity index is 2.73. The van der Waals surface area contributed by atoms with Gasteiger partial charge in [-0.1, -0.05) is 5.57 Å². The fraction of sp³-hybridized carbons (Fsp3) is 0.750. The summed E-state index contributed by atoms with van der Waals surface area (Å²) in [5.74, 6) is 0. The molecule has 58 valence electrons. The van der Waals surface area contributed by atoms with E-state index in [1.54, 1.807) is 0 Å². The third-order valence-corrected chi connectivity index (χ3v) is 2.00. The zero-order valence-corrected chi connectivity index (χ0v) is 7.02. The van der Waals surface area contributed by atoms with E-state index in [4.69, 9.17) is 5.73 Å². The van der Waals surface area contributed by atoms with E-state index in [1.807, 2.05) is 0 Å². The van der Waals surface area contributed by atoms with Crippen molar-refractivity contribution in [3.05, 3.63) is 11.3 Å². The molecule has 1 rings (SSSR count). The normalized spacial score (nSPS) is 25.8. The van der Waals surface area contributed by atoms with Gasteiger partial charge in [-0.15, -0.1) is 0 Å². The third-order valence-electron chi connectivity index (χ3n) is 2.00. The average molecular weight is 140 g/mol. The van der Waals surface area contributed by atoms with Crippen LogP contribution in [0.2, 0.25) is 0 Å². The summed E-state index contributed by atoms with van der Waals surface area (Å²) < 4.78 is 0. The predicted molar refractivity (Wildman–Crippen MR) is 43.6 cm³/mol. The minimum Gasteiger partial charge on any atom is -0.376 e. The van der Waals surface area contributed by atoms with Crippen LogP contribution in [0, 0.1) is 0 Å². The number of nitrogens with zero attached hydrogens (tertiary/aromatic N) is 1. The zero-order chi connectivity index (χ0) is 7.72. The Bertz CT molecular complexity index is 157. The molecule has 0 aromatic heterocycles. The molecule has 0 saturated carbocycles. The number of hydrogen-bond acceptors (Lipinski definition) is 2. The zero-order valence-electron chi connectivity index (χ0n) is 7.02. The smallest absolute Gasteiger partial charge is 0.0327 e. The highest BCUT2D eigenvalue weighted by Crippen LogP contribution is 2.20. The lowest BCUT2D eigenvalue weighted by Crippen LogP contribution is -2.23. The highest BCUT2D eigenvalue weighted by atomic mass is 15.2. The molecule has 2 N–H and O–H groups in total. The Kier molecular flexibility index (Phi) is 2.00. The quantitative estimate of drug-likeness (QED) is 0.542. The summed E-state index contributed by atoms with van der Waals surface area (Å²) in [7, 11) is 2.11. The maximum absolute atomic E-state index is 5.78. The molecule has 1 atom stereocenters. The molecular formula is C8H16N2. The van der Waals surface area contributed by atoms with Gasteiger partial charge < -0.3 is 10.6 Å². The molecule has 0 aromatic carbocycles. The molecule has 1 unspecified atom stereocenters. The average Bonchev–Trinajstić information content (AvgIpc) is 2.10. The fourth-order valence-corrected chi connectivity index (χ4v) is 1.52. The summed E-state index contributed by atoms with van der Waals surface area (Å²) in [5, 5.41) is 0. The Morgan fingerprint density at radius 2 is 2.20 bits per heavy atom. The molecule has 0 aromatic rings. The first-order chi connectivity index (χ1) is 4.61. The molecule has 1 fully saturated rings. The van der Waals surface area contributed by atoms with Gasteiger partial charge in [-0.3, -0.25) is 0 Å². The molecular weight excluding hydrogens is 124 g/mol. The Labute approximate surface area is 62.7 Å². The molecule has 0 aliphatic carbocycles. The third kappa shape index (κ3) is 1.32. The molecule has 1 saturated heterocycles. The van der Waals surface area contributed by atoms with Crippen molar-refractivity contribution in [3.63, 3.8) is 0 Å². The highest BCUT2D eigenvalue weighted by molar-refractivity contribution is 5.14. The van der Waals surface area contributed by atoms with Crippen LogP contribution in [-0.4, -0.2) is 24.5 Å². The lowest BCUT2D eigenvalue weighted by Gasteiger charge is -2.13. The SMILES string of the molecule is CC(C)=C1CC(N)CN1C. The van der Waals surface area contributed by atoms with Crippen LogP contribution in [0.15, 0.2) is 11.3 Å². The number of rotatable bonds is 0. The molecule has 1 aliphatic heterocycles. The molecule has 1 aliphatic rings. The van der Waals surface area contributed by atoms with Gasteiger partial charge in [0, 0.05) is 31.8 Å². The Morgan fingerprint density at radius 3 is 2.40 bits per heavy atom. The first-order valence-corrected chi connectivity index (χ1v) is 3.74. The second-order valence-corrected chi connectivity index (χ2v) is 3.29. The van der Waals surface area contributed by atoms with E-state index >= 15 is 0 Å². The minimum absolute atomic E-state index is 0.356. The number of allylic oxidation sites excluding steroid dienone is 1. The Hall–Kier alpha value is -0.500. The molecule has 1 heterocycles. The molecule has 10 heavy (non-hydrogen) atoms. The number of likely N-dealkylation sites (tertiary alicyclic amines) is 1. The van der Waals surface area contributed by atoms with E-state index in [2.05, 4.69) is 25.8 Å². The van der Waals surface area contributed by atoms with Crippen LogP contribution < -0.4 is 5.73 Å². The van der Waals surface area contributed by atoms with Crippen molar-refractivity contribution in [2.24, 2.45) is 5.73 Å². The van der Waals surface area contributed by atoms with Gasteiger partial charge in [-0.05, 0) is 13.8 Å². The van der Waals surface area contributed by atoms with Crippen LogP contribution >= 0.6 is 0 Å². The molecule has 2 heteroatoms. The van der Waals surface area contributed by atoms with E-state index in [0.717, 1.165) is 13.0 Å². The molecule has 0 amide bonds. The van der Waals surface area contributed by atoms with Gasteiger partial charge in [-0.2, -0.15) is 0 Å². The van der Waals surface area contributed by atoms with E-state index in [9.17, 15) is 0 Å². The summed E-state index contributed by atoms with van der Waals surface area (Å²) in [6, 6.07) is 0.356. The van der Waals surface area contributed by atoms with Gasteiger partial charge in [0.1, 0.15) is 0 Å². The van der Waals surface area contributed by atoms with Crippen molar-refractivity contribution in [2.45, 2.75) is 26.3 Å². The van der Waals surface area contributed by atoms with Crippen molar-refractivity contribution < 1.29 is 0 Å². The fourth-order valence-electron chi connectivity index (χ4n) is 1.52.